The van der Waals surface area contributed by atoms with E-state index in [1.54, 1.807) is 30.3 Å². The van der Waals surface area contributed by atoms with E-state index < -0.39 is 5.56 Å². The molecule has 130 valence electrons. The van der Waals surface area contributed by atoms with Crippen LogP contribution in [-0.4, -0.2) is 14.6 Å². The molecular weight excluding hydrogens is 357 g/mol. The van der Waals surface area contributed by atoms with Crippen LogP contribution in [0.5, 0.6) is 0 Å². The maximum Gasteiger partial charge on any atom is 0.296 e. The van der Waals surface area contributed by atoms with Crippen molar-refractivity contribution in [1.29, 1.82) is 0 Å². The third kappa shape index (κ3) is 3.06. The number of thiazole rings is 1. The number of hydrogen-bond acceptors (Lipinski definition) is 6. The van der Waals surface area contributed by atoms with Crippen molar-refractivity contribution in [3.8, 4) is 0 Å². The molecule has 8 heteroatoms. The summed E-state index contributed by atoms with van der Waals surface area (Å²) in [6, 6.07) is 9.29. The van der Waals surface area contributed by atoms with Crippen LogP contribution in [-0.2, 0) is 6.42 Å². The highest BCUT2D eigenvalue weighted by atomic mass is 32.1. The number of halogens is 1. The molecule has 0 unspecified atom stereocenters. The largest absolute Gasteiger partial charge is 0.462 e. The average molecular weight is 369 g/mol. The topological polar surface area (TPSA) is 77.5 Å². The highest BCUT2D eigenvalue weighted by Crippen LogP contribution is 2.08. The fraction of sp³-hybridized carbons (Fsp3) is 0.111. The van der Waals surface area contributed by atoms with E-state index in [2.05, 4.69) is 10.1 Å². The van der Waals surface area contributed by atoms with Gasteiger partial charge in [0.05, 0.1) is 0 Å². The van der Waals surface area contributed by atoms with Crippen LogP contribution >= 0.6 is 11.3 Å². The summed E-state index contributed by atoms with van der Waals surface area (Å²) in [6.07, 6.45) is 1.77. The summed E-state index contributed by atoms with van der Waals surface area (Å²) in [4.78, 5) is 28.9. The van der Waals surface area contributed by atoms with Crippen LogP contribution in [0.2, 0.25) is 0 Å². The first-order chi connectivity index (χ1) is 12.5. The van der Waals surface area contributed by atoms with Crippen LogP contribution < -0.4 is 15.7 Å². The summed E-state index contributed by atoms with van der Waals surface area (Å²) in [6.45, 7) is 1.81. The standard InChI is InChI=1S/C18H12FN3O3S/c1-10-2-7-13(25-10)9-15-17(24)22-18(26-15)20-16(23)14(21-22)8-11-3-5-12(19)6-4-11/h2-7,9H,8H2,1H3. The molecule has 26 heavy (non-hydrogen) atoms. The number of aryl methyl sites for hydroxylation is 1. The molecule has 0 aliphatic rings. The van der Waals surface area contributed by atoms with Gasteiger partial charge in [-0.25, -0.2) is 4.39 Å². The van der Waals surface area contributed by atoms with Crippen molar-refractivity contribution in [1.82, 2.24) is 14.6 Å². The second kappa shape index (κ2) is 6.30. The molecule has 1 aromatic carbocycles. The van der Waals surface area contributed by atoms with Gasteiger partial charge in [-0.2, -0.15) is 14.6 Å². The molecule has 0 spiro atoms. The minimum Gasteiger partial charge on any atom is -0.462 e. The van der Waals surface area contributed by atoms with Crippen molar-refractivity contribution < 1.29 is 8.81 Å². The predicted octanol–water partition coefficient (Wildman–Crippen LogP) is 1.69. The Balaban J connectivity index is 1.80. The van der Waals surface area contributed by atoms with Crippen LogP contribution in [0.1, 0.15) is 22.8 Å². The van der Waals surface area contributed by atoms with Crippen molar-refractivity contribution in [2.24, 2.45) is 0 Å². The van der Waals surface area contributed by atoms with E-state index in [0.29, 0.717) is 15.9 Å². The van der Waals surface area contributed by atoms with Gasteiger partial charge in [0.2, 0.25) is 4.96 Å². The number of rotatable bonds is 3. The molecule has 6 nitrogen and oxygen atoms in total. The molecule has 3 aromatic heterocycles. The minimum absolute atomic E-state index is 0.129. The van der Waals surface area contributed by atoms with Crippen LogP contribution in [0, 0.1) is 12.7 Å². The first kappa shape index (κ1) is 16.3. The van der Waals surface area contributed by atoms with E-state index in [4.69, 9.17) is 4.42 Å². The van der Waals surface area contributed by atoms with Crippen molar-refractivity contribution in [2.45, 2.75) is 13.3 Å². The molecule has 0 aliphatic carbocycles. The van der Waals surface area contributed by atoms with Crippen molar-refractivity contribution >= 4 is 22.4 Å². The lowest BCUT2D eigenvalue weighted by Crippen LogP contribution is -2.28. The number of nitrogens with zero attached hydrogens (tertiary/aromatic N) is 3. The van der Waals surface area contributed by atoms with E-state index in [-0.39, 0.29) is 28.5 Å². The number of aromatic nitrogens is 3. The Hall–Kier alpha value is -3.13. The number of benzene rings is 1. The van der Waals surface area contributed by atoms with Gasteiger partial charge in [-0.15, -0.1) is 0 Å². The molecule has 0 saturated heterocycles. The number of hydrogen-bond donors (Lipinski definition) is 0. The van der Waals surface area contributed by atoms with E-state index in [1.165, 1.54) is 12.1 Å². The van der Waals surface area contributed by atoms with Gasteiger partial charge in [0.25, 0.3) is 11.1 Å². The molecule has 0 fully saturated rings. The van der Waals surface area contributed by atoms with Gasteiger partial charge in [0, 0.05) is 12.5 Å². The smallest absolute Gasteiger partial charge is 0.296 e. The van der Waals surface area contributed by atoms with E-state index >= 15 is 0 Å². The zero-order valence-electron chi connectivity index (χ0n) is 13.6. The molecular formula is C18H12FN3O3S. The van der Waals surface area contributed by atoms with Gasteiger partial charge < -0.3 is 4.42 Å². The Labute approximate surface area is 149 Å². The summed E-state index contributed by atoms with van der Waals surface area (Å²) < 4.78 is 19.9. The zero-order chi connectivity index (χ0) is 18.3. The molecule has 4 rings (SSSR count). The SMILES string of the molecule is Cc1ccc(C=c2sc3nc(=O)c(Cc4ccc(F)cc4)nn3c2=O)o1. The molecule has 3 heterocycles. The monoisotopic (exact) mass is 369 g/mol. The van der Waals surface area contributed by atoms with Gasteiger partial charge in [-0.3, -0.25) is 9.59 Å². The summed E-state index contributed by atoms with van der Waals surface area (Å²) in [5.41, 5.74) is -0.0365. The minimum atomic E-state index is -0.504. The predicted molar refractivity (Wildman–Crippen MR) is 94.8 cm³/mol. The first-order valence-corrected chi connectivity index (χ1v) is 8.56. The first-order valence-electron chi connectivity index (χ1n) is 7.75. The third-order valence-electron chi connectivity index (χ3n) is 3.77. The molecule has 0 saturated carbocycles. The fourth-order valence-electron chi connectivity index (χ4n) is 2.51. The molecule has 0 N–H and O–H groups in total. The highest BCUT2D eigenvalue weighted by molar-refractivity contribution is 7.15. The van der Waals surface area contributed by atoms with Gasteiger partial charge in [0.15, 0.2) is 0 Å². The van der Waals surface area contributed by atoms with Crippen LogP contribution in [0.15, 0.2) is 50.4 Å². The van der Waals surface area contributed by atoms with E-state index in [9.17, 15) is 14.0 Å². The van der Waals surface area contributed by atoms with Gasteiger partial charge in [-0.05, 0) is 36.8 Å². The molecule has 0 atom stereocenters. The maximum absolute atomic E-state index is 13.0. The lowest BCUT2D eigenvalue weighted by Gasteiger charge is -2.00. The average Bonchev–Trinajstić information content (AvgIpc) is 3.14. The Morgan fingerprint density at radius 1 is 1.19 bits per heavy atom. The third-order valence-corrected chi connectivity index (χ3v) is 4.73. The lowest BCUT2D eigenvalue weighted by molar-refractivity contribution is 0.525. The van der Waals surface area contributed by atoms with E-state index in [1.807, 2.05) is 6.92 Å². The van der Waals surface area contributed by atoms with Crippen LogP contribution in [0.25, 0.3) is 11.0 Å². The Kier molecular flexibility index (Phi) is 3.96. The zero-order valence-corrected chi connectivity index (χ0v) is 14.4. The number of fused-ring (bicyclic) bond motifs is 1. The quantitative estimate of drug-likeness (QED) is 0.549. The van der Waals surface area contributed by atoms with Crippen molar-refractivity contribution in [2.75, 3.05) is 0 Å². The van der Waals surface area contributed by atoms with Gasteiger partial charge >= 0.3 is 0 Å². The summed E-state index contributed by atoms with van der Waals surface area (Å²) in [5.74, 6) is 0.915. The molecule has 0 aliphatic heterocycles. The fourth-order valence-corrected chi connectivity index (χ4v) is 3.39. The Morgan fingerprint density at radius 2 is 1.96 bits per heavy atom. The molecule has 4 aromatic rings. The number of furan rings is 1. The van der Waals surface area contributed by atoms with Gasteiger partial charge in [0.1, 0.15) is 27.6 Å². The van der Waals surface area contributed by atoms with E-state index in [0.717, 1.165) is 21.6 Å². The summed E-state index contributed by atoms with van der Waals surface area (Å²) in [5, 5.41) is 4.15. The van der Waals surface area contributed by atoms with Crippen molar-refractivity contribution in [3.05, 3.63) is 90.2 Å². The van der Waals surface area contributed by atoms with Crippen LogP contribution in [0.4, 0.5) is 4.39 Å². The van der Waals surface area contributed by atoms with Crippen LogP contribution in [0.3, 0.4) is 0 Å². The Bertz CT molecular complexity index is 1270. The summed E-state index contributed by atoms with van der Waals surface area (Å²) >= 11 is 1.07. The maximum atomic E-state index is 13.0. The Morgan fingerprint density at radius 3 is 2.65 bits per heavy atom. The second-order valence-electron chi connectivity index (χ2n) is 5.73. The van der Waals surface area contributed by atoms with Crippen molar-refractivity contribution in [3.63, 3.8) is 0 Å². The molecule has 0 amide bonds. The molecule has 0 bridgehead atoms. The summed E-state index contributed by atoms with van der Waals surface area (Å²) in [7, 11) is 0. The lowest BCUT2D eigenvalue weighted by atomic mass is 10.1. The normalized spacial score (nSPS) is 12.2. The second-order valence-corrected chi connectivity index (χ2v) is 6.73. The molecule has 0 radical (unpaired) electrons. The van der Waals surface area contributed by atoms with Gasteiger partial charge in [-0.1, -0.05) is 23.5 Å². The highest BCUT2D eigenvalue weighted by Gasteiger charge is 2.12.